The number of ether oxygens (including phenoxy) is 1. The zero-order chi connectivity index (χ0) is 29.3. The quantitative estimate of drug-likeness (QED) is 0.401. The molecular weight excluding hydrogens is 496 g/mol. The van der Waals surface area contributed by atoms with Crippen LogP contribution in [-0.2, 0) is 25.5 Å². The molecule has 1 saturated heterocycles. The molecule has 2 rings (SSSR count). The summed E-state index contributed by atoms with van der Waals surface area (Å²) in [5.74, 6) is -0.791. The topological polar surface area (TPSA) is 117 Å². The van der Waals surface area contributed by atoms with E-state index in [0.717, 1.165) is 6.42 Å². The van der Waals surface area contributed by atoms with Crippen LogP contribution in [0.3, 0.4) is 0 Å². The molecule has 0 bridgehead atoms. The minimum atomic E-state index is -0.689. The van der Waals surface area contributed by atoms with Gasteiger partial charge in [-0.3, -0.25) is 14.4 Å². The van der Waals surface area contributed by atoms with Crippen molar-refractivity contribution in [3.63, 3.8) is 0 Å². The second kappa shape index (κ2) is 14.3. The van der Waals surface area contributed by atoms with E-state index in [4.69, 9.17) is 4.74 Å². The normalized spacial score (nSPS) is 16.0. The Labute approximate surface area is 233 Å². The van der Waals surface area contributed by atoms with Crippen LogP contribution in [0.25, 0.3) is 0 Å². The molecule has 0 spiro atoms. The number of amides is 4. The lowest BCUT2D eigenvalue weighted by Crippen LogP contribution is -2.54. The molecule has 1 aromatic carbocycles. The zero-order valence-electron chi connectivity index (χ0n) is 24.9. The Balaban J connectivity index is 1.95. The van der Waals surface area contributed by atoms with Crippen LogP contribution >= 0.6 is 0 Å². The second-order valence-corrected chi connectivity index (χ2v) is 12.2. The van der Waals surface area contributed by atoms with Crippen LogP contribution in [0.1, 0.15) is 80.2 Å². The van der Waals surface area contributed by atoms with Gasteiger partial charge in [0.05, 0.1) is 0 Å². The molecule has 1 aromatic rings. The van der Waals surface area contributed by atoms with E-state index in [1.54, 1.807) is 25.7 Å². The summed E-state index contributed by atoms with van der Waals surface area (Å²) >= 11 is 0. The van der Waals surface area contributed by atoms with Gasteiger partial charge in [0.1, 0.15) is 17.7 Å². The van der Waals surface area contributed by atoms with Gasteiger partial charge in [-0.1, -0.05) is 46.8 Å². The molecule has 2 atom stereocenters. The van der Waals surface area contributed by atoms with Gasteiger partial charge in [-0.25, -0.2) is 4.79 Å². The Morgan fingerprint density at radius 1 is 0.974 bits per heavy atom. The molecule has 1 aliphatic rings. The number of hydrogen-bond donors (Lipinski definition) is 3. The Morgan fingerprint density at radius 2 is 1.56 bits per heavy atom. The van der Waals surface area contributed by atoms with Crippen molar-refractivity contribution in [1.82, 2.24) is 15.5 Å². The number of nitrogens with zero attached hydrogens (tertiary/aromatic N) is 1. The summed E-state index contributed by atoms with van der Waals surface area (Å²) < 4.78 is 5.35. The number of benzene rings is 1. The van der Waals surface area contributed by atoms with Crippen molar-refractivity contribution in [2.45, 2.75) is 98.8 Å². The summed E-state index contributed by atoms with van der Waals surface area (Å²) in [6, 6.07) is 6.33. The Kier molecular flexibility index (Phi) is 11.8. The van der Waals surface area contributed by atoms with Gasteiger partial charge in [0.25, 0.3) is 0 Å². The van der Waals surface area contributed by atoms with Gasteiger partial charge in [-0.15, -0.1) is 0 Å². The lowest BCUT2D eigenvalue weighted by molar-refractivity contribution is -0.138. The highest BCUT2D eigenvalue weighted by molar-refractivity contribution is 5.97. The lowest BCUT2D eigenvalue weighted by atomic mass is 9.93. The number of alkyl carbamates (subject to hydrolysis) is 1. The number of rotatable bonds is 10. The van der Waals surface area contributed by atoms with Crippen LogP contribution < -0.4 is 16.0 Å². The Hall–Kier alpha value is -3.10. The number of hydrogen-bond acceptors (Lipinski definition) is 5. The van der Waals surface area contributed by atoms with Crippen molar-refractivity contribution in [2.75, 3.05) is 18.4 Å². The van der Waals surface area contributed by atoms with E-state index < -0.39 is 23.8 Å². The Morgan fingerprint density at radius 3 is 2.05 bits per heavy atom. The molecule has 39 heavy (non-hydrogen) atoms. The van der Waals surface area contributed by atoms with Gasteiger partial charge < -0.3 is 25.6 Å². The molecule has 3 N–H and O–H groups in total. The minimum Gasteiger partial charge on any atom is -0.444 e. The molecule has 2 unspecified atom stereocenters. The highest BCUT2D eigenvalue weighted by Gasteiger charge is 2.34. The fourth-order valence-electron chi connectivity index (χ4n) is 4.58. The molecule has 0 aliphatic carbocycles. The van der Waals surface area contributed by atoms with Crippen molar-refractivity contribution in [2.24, 2.45) is 17.8 Å². The van der Waals surface area contributed by atoms with Crippen LogP contribution in [0.5, 0.6) is 0 Å². The van der Waals surface area contributed by atoms with Gasteiger partial charge in [-0.05, 0) is 76.0 Å². The predicted octanol–water partition coefficient (Wildman–Crippen LogP) is 4.51. The first kappa shape index (κ1) is 32.1. The van der Waals surface area contributed by atoms with Crippen LogP contribution in [-0.4, -0.2) is 59.5 Å². The fourth-order valence-corrected chi connectivity index (χ4v) is 4.58. The van der Waals surface area contributed by atoms with Crippen LogP contribution in [0.4, 0.5) is 10.5 Å². The van der Waals surface area contributed by atoms with E-state index in [0.29, 0.717) is 38.0 Å². The Bertz CT molecular complexity index is 976. The van der Waals surface area contributed by atoms with Crippen LogP contribution in [0.15, 0.2) is 24.3 Å². The standard InChI is InChI=1S/C30H48N4O5/c1-9-21-10-12-23(13-11-21)31-27(36)25(20(4)5)33-26(35)22-14-16-34(17-15-22)28(37)24(18-19(2)3)32-29(38)39-30(6,7)8/h10-13,19-20,22,24-25H,9,14-18H2,1-8H3,(H,31,36)(H,32,38)(H,33,35). The molecule has 9 nitrogen and oxygen atoms in total. The fraction of sp³-hybridized carbons (Fsp3) is 0.667. The smallest absolute Gasteiger partial charge is 0.408 e. The second-order valence-electron chi connectivity index (χ2n) is 12.2. The monoisotopic (exact) mass is 544 g/mol. The molecule has 9 heteroatoms. The summed E-state index contributed by atoms with van der Waals surface area (Å²) in [5.41, 5.74) is 1.22. The van der Waals surface area contributed by atoms with E-state index in [-0.39, 0.29) is 35.5 Å². The van der Waals surface area contributed by atoms with Crippen LogP contribution in [0.2, 0.25) is 0 Å². The van der Waals surface area contributed by atoms with Crippen LogP contribution in [0, 0.1) is 17.8 Å². The van der Waals surface area contributed by atoms with Gasteiger partial charge in [0.15, 0.2) is 0 Å². The summed E-state index contributed by atoms with van der Waals surface area (Å²) in [4.78, 5) is 53.4. The molecule has 0 saturated carbocycles. The maximum Gasteiger partial charge on any atom is 0.408 e. The minimum absolute atomic E-state index is 0.0961. The number of piperidine rings is 1. The first-order valence-electron chi connectivity index (χ1n) is 14.2. The van der Waals surface area contributed by atoms with E-state index >= 15 is 0 Å². The zero-order valence-corrected chi connectivity index (χ0v) is 24.9. The van der Waals surface area contributed by atoms with Crippen molar-refractivity contribution >= 4 is 29.5 Å². The number of aryl methyl sites for hydroxylation is 1. The largest absolute Gasteiger partial charge is 0.444 e. The van der Waals surface area contributed by atoms with Crippen molar-refractivity contribution in [1.29, 1.82) is 0 Å². The highest BCUT2D eigenvalue weighted by Crippen LogP contribution is 2.21. The SMILES string of the molecule is CCc1ccc(NC(=O)C(NC(=O)C2CCN(C(=O)C(CC(C)C)NC(=O)OC(C)(C)C)CC2)C(C)C)cc1. The van der Waals surface area contributed by atoms with Gasteiger partial charge in [-0.2, -0.15) is 0 Å². The van der Waals surface area contributed by atoms with Gasteiger partial charge >= 0.3 is 6.09 Å². The first-order valence-corrected chi connectivity index (χ1v) is 14.2. The molecule has 1 fully saturated rings. The number of likely N-dealkylation sites (tertiary alicyclic amines) is 1. The van der Waals surface area contributed by atoms with E-state index in [1.807, 2.05) is 52.0 Å². The lowest BCUT2D eigenvalue weighted by Gasteiger charge is -2.35. The molecular formula is C30H48N4O5. The average Bonchev–Trinajstić information content (AvgIpc) is 2.85. The number of carbonyl (C=O) groups is 4. The maximum atomic E-state index is 13.3. The summed E-state index contributed by atoms with van der Waals surface area (Å²) in [5, 5.41) is 8.59. The third-order valence-corrected chi connectivity index (χ3v) is 6.75. The predicted molar refractivity (Wildman–Crippen MR) is 153 cm³/mol. The maximum absolute atomic E-state index is 13.3. The van der Waals surface area contributed by atoms with Crippen molar-refractivity contribution in [3.8, 4) is 0 Å². The third kappa shape index (κ3) is 10.5. The molecule has 4 amide bonds. The van der Waals surface area contributed by atoms with Gasteiger partial charge in [0.2, 0.25) is 17.7 Å². The number of nitrogens with one attached hydrogen (secondary N) is 3. The molecule has 1 heterocycles. The summed E-state index contributed by atoms with van der Waals surface area (Å²) in [6.45, 7) is 16.0. The first-order chi connectivity index (χ1) is 18.2. The molecule has 1 aliphatic heterocycles. The molecule has 0 radical (unpaired) electrons. The van der Waals surface area contributed by atoms with Crippen molar-refractivity contribution in [3.05, 3.63) is 29.8 Å². The van der Waals surface area contributed by atoms with E-state index in [9.17, 15) is 19.2 Å². The summed E-state index contributed by atoms with van der Waals surface area (Å²) in [7, 11) is 0. The highest BCUT2D eigenvalue weighted by atomic mass is 16.6. The number of anilines is 1. The third-order valence-electron chi connectivity index (χ3n) is 6.75. The van der Waals surface area contributed by atoms with Gasteiger partial charge in [0, 0.05) is 24.7 Å². The number of carbonyl (C=O) groups excluding carboxylic acids is 4. The van der Waals surface area contributed by atoms with E-state index in [1.165, 1.54) is 5.56 Å². The average molecular weight is 545 g/mol. The summed E-state index contributed by atoms with van der Waals surface area (Å²) in [6.07, 6.45) is 1.77. The molecule has 0 aromatic heterocycles. The van der Waals surface area contributed by atoms with E-state index in [2.05, 4.69) is 22.9 Å². The van der Waals surface area contributed by atoms with Crippen molar-refractivity contribution < 1.29 is 23.9 Å². The molecule has 218 valence electrons.